The van der Waals surface area contributed by atoms with E-state index >= 15 is 0 Å². The van der Waals surface area contributed by atoms with Gasteiger partial charge in [0.15, 0.2) is 0 Å². The summed E-state index contributed by atoms with van der Waals surface area (Å²) in [6, 6.07) is 28.0. The first kappa shape index (κ1) is 48.7. The third kappa shape index (κ3) is 11.0. The van der Waals surface area contributed by atoms with Crippen molar-refractivity contribution in [2.45, 2.75) is 103 Å². The molecule has 1 N–H and O–H groups in total. The van der Waals surface area contributed by atoms with E-state index in [1.165, 1.54) is 90.6 Å². The van der Waals surface area contributed by atoms with Gasteiger partial charge >= 0.3 is 0 Å². The monoisotopic (exact) mass is 994 g/mol. The van der Waals surface area contributed by atoms with Crippen molar-refractivity contribution in [1.29, 1.82) is 0 Å². The minimum Gasteiger partial charge on any atom is -0.354 e. The summed E-state index contributed by atoms with van der Waals surface area (Å²) in [5.41, 5.74) is 16.5. The van der Waals surface area contributed by atoms with Crippen LogP contribution in [-0.4, -0.2) is 80.3 Å². The second kappa shape index (κ2) is 20.5. The van der Waals surface area contributed by atoms with Crippen molar-refractivity contribution in [1.82, 2.24) is 28.4 Å². The van der Waals surface area contributed by atoms with Gasteiger partial charge in [-0.15, -0.1) is 0 Å². The third-order valence-electron chi connectivity index (χ3n) is 17.1. The predicted molar refractivity (Wildman–Crippen MR) is 299 cm³/mol. The van der Waals surface area contributed by atoms with E-state index in [0.717, 1.165) is 129 Å². The minimum atomic E-state index is -0.0638. The Kier molecular flexibility index (Phi) is 13.5. The molecule has 12 heteroatoms. The number of benzene rings is 3. The third-order valence-corrected chi connectivity index (χ3v) is 17.1. The van der Waals surface area contributed by atoms with Crippen molar-refractivity contribution in [3.8, 4) is 0 Å². The molecule has 6 aliphatic rings. The molecule has 3 aromatic heterocycles. The van der Waals surface area contributed by atoms with Gasteiger partial charge in [-0.1, -0.05) is 12.1 Å². The summed E-state index contributed by atoms with van der Waals surface area (Å²) in [5.74, 6) is 2.51. The Morgan fingerprint density at radius 1 is 0.527 bits per heavy atom. The van der Waals surface area contributed by atoms with Crippen LogP contribution < -0.4 is 31.8 Å². The Morgan fingerprint density at radius 3 is 1.72 bits per heavy atom. The van der Waals surface area contributed by atoms with Crippen molar-refractivity contribution in [3.05, 3.63) is 173 Å². The molecule has 12 nitrogen and oxygen atoms in total. The van der Waals surface area contributed by atoms with Gasteiger partial charge in [0.25, 0.3) is 5.56 Å². The highest BCUT2D eigenvalue weighted by atomic mass is 16.1. The van der Waals surface area contributed by atoms with E-state index in [9.17, 15) is 14.4 Å². The second-order valence-electron chi connectivity index (χ2n) is 23.3. The van der Waals surface area contributed by atoms with E-state index in [1.807, 2.05) is 57.9 Å². The van der Waals surface area contributed by atoms with Crippen LogP contribution in [0.4, 0.5) is 34.1 Å². The molecular formula is C62H75N9O3. The number of rotatable bonds is 18. The van der Waals surface area contributed by atoms with Crippen LogP contribution >= 0.6 is 0 Å². The fraction of sp³-hybridized carbons (Fsp3) is 0.468. The first-order valence-electron chi connectivity index (χ1n) is 27.8. The van der Waals surface area contributed by atoms with E-state index in [-0.39, 0.29) is 22.7 Å². The number of aryl methyl sites for hydroxylation is 3. The summed E-state index contributed by atoms with van der Waals surface area (Å²) in [5, 5.41) is 3.68. The average Bonchev–Trinajstić information content (AvgIpc) is 4.25. The lowest BCUT2D eigenvalue weighted by Crippen LogP contribution is -2.35. The van der Waals surface area contributed by atoms with Gasteiger partial charge in [-0.2, -0.15) is 0 Å². The maximum absolute atomic E-state index is 14.1. The van der Waals surface area contributed by atoms with Crippen molar-refractivity contribution < 1.29 is 0 Å². The molecule has 12 rings (SSSR count). The van der Waals surface area contributed by atoms with Gasteiger partial charge in [-0.25, -0.2) is 0 Å². The van der Waals surface area contributed by atoms with Crippen LogP contribution in [0.3, 0.4) is 0 Å². The summed E-state index contributed by atoms with van der Waals surface area (Å²) >= 11 is 0. The van der Waals surface area contributed by atoms with E-state index in [2.05, 4.69) is 85.3 Å². The van der Waals surface area contributed by atoms with Crippen LogP contribution in [0.1, 0.15) is 90.0 Å². The number of hydrogen-bond donors (Lipinski definition) is 1. The summed E-state index contributed by atoms with van der Waals surface area (Å²) in [7, 11) is 5.51. The topological polar surface area (TPSA) is 94.2 Å². The zero-order chi connectivity index (χ0) is 50.6. The first-order valence-corrected chi connectivity index (χ1v) is 27.8. The molecule has 3 aromatic carbocycles. The number of nitrogens with zero attached hydrogens (tertiary/aromatic N) is 8. The summed E-state index contributed by atoms with van der Waals surface area (Å²) in [6.07, 6.45) is 18.3. The normalized spacial score (nSPS) is 18.4. The van der Waals surface area contributed by atoms with E-state index in [0.29, 0.717) is 13.0 Å². The van der Waals surface area contributed by atoms with Crippen molar-refractivity contribution in [2.75, 3.05) is 60.9 Å². The second-order valence-corrected chi connectivity index (χ2v) is 23.3. The highest BCUT2D eigenvalue weighted by Gasteiger charge is 2.31. The molecule has 0 bridgehead atoms. The summed E-state index contributed by atoms with van der Waals surface area (Å²) < 4.78 is 5.06. The summed E-state index contributed by atoms with van der Waals surface area (Å²) in [4.78, 5) is 52.6. The molecule has 0 amide bonds. The van der Waals surface area contributed by atoms with E-state index in [1.54, 1.807) is 25.8 Å². The Labute approximate surface area is 436 Å². The number of hydrogen-bond acceptors (Lipinski definition) is 9. The molecule has 6 heterocycles. The van der Waals surface area contributed by atoms with E-state index < -0.39 is 0 Å². The number of anilines is 6. The van der Waals surface area contributed by atoms with Crippen molar-refractivity contribution in [2.24, 2.45) is 38.9 Å². The van der Waals surface area contributed by atoms with Crippen LogP contribution in [0.15, 0.2) is 112 Å². The Morgan fingerprint density at radius 2 is 1.08 bits per heavy atom. The Balaban J connectivity index is 0.876. The molecular weight excluding hydrogens is 919 g/mol. The molecule has 3 fully saturated rings. The number of nitrogens with one attached hydrogen (secondary N) is 1. The van der Waals surface area contributed by atoms with Gasteiger partial charge in [0.2, 0.25) is 11.1 Å². The zero-order valence-corrected chi connectivity index (χ0v) is 44.2. The Hall–Kier alpha value is -6.21. The van der Waals surface area contributed by atoms with Gasteiger partial charge in [0, 0.05) is 146 Å². The maximum Gasteiger partial charge on any atom is 0.253 e. The molecule has 1 unspecified atom stereocenters. The number of pyridine rings is 3. The van der Waals surface area contributed by atoms with Gasteiger partial charge in [-0.05, 0) is 189 Å². The average molecular weight is 994 g/mol. The molecule has 0 radical (unpaired) electrons. The van der Waals surface area contributed by atoms with Gasteiger partial charge in [0.1, 0.15) is 0 Å². The Bertz CT molecular complexity index is 3250. The predicted octanol–water partition coefficient (Wildman–Crippen LogP) is 8.98. The maximum atomic E-state index is 14.1. The van der Waals surface area contributed by atoms with Crippen molar-refractivity contribution >= 4 is 34.1 Å². The van der Waals surface area contributed by atoms with Crippen LogP contribution in [0.25, 0.3) is 0 Å². The fourth-order valence-electron chi connectivity index (χ4n) is 12.4. The van der Waals surface area contributed by atoms with E-state index in [4.69, 9.17) is 0 Å². The molecule has 3 aliphatic heterocycles. The lowest BCUT2D eigenvalue weighted by atomic mass is 9.89. The molecule has 0 spiro atoms. The quantitative estimate of drug-likeness (QED) is 0.0907. The van der Waals surface area contributed by atoms with Crippen molar-refractivity contribution in [3.63, 3.8) is 0 Å². The van der Waals surface area contributed by atoms with Crippen LogP contribution in [0.5, 0.6) is 0 Å². The highest BCUT2D eigenvalue weighted by molar-refractivity contribution is 5.68. The molecule has 74 heavy (non-hydrogen) atoms. The lowest BCUT2D eigenvalue weighted by Gasteiger charge is -2.36. The van der Waals surface area contributed by atoms with Gasteiger partial charge < -0.3 is 28.8 Å². The SMILES string of the molecule is CC(Cc1cc(N(CCc2cc(Nc3ccc4c(c3)CN(CC3CC3)CC4)cn(C)c2=O)c2ccc(=O)n(C)c2)cc2c1CCN(CC1CC1)C2)N(c1ccc2c(c1)CN(CC1CC1)CC2)c1ccc(=O)n(C)c1. The first-order chi connectivity index (χ1) is 35.9. The van der Waals surface area contributed by atoms with Crippen LogP contribution in [-0.2, 0) is 72.9 Å². The van der Waals surface area contributed by atoms with Crippen LogP contribution in [0, 0.1) is 17.8 Å². The van der Waals surface area contributed by atoms with Crippen LogP contribution in [0.2, 0.25) is 0 Å². The number of aromatic nitrogens is 3. The smallest absolute Gasteiger partial charge is 0.253 e. The van der Waals surface area contributed by atoms with Gasteiger partial charge in [0.05, 0.1) is 17.1 Å². The highest BCUT2D eigenvalue weighted by Crippen LogP contribution is 2.39. The molecule has 0 saturated heterocycles. The standard InChI is InChI=1S/C62H75N9O3/c1-42(71(57-16-18-61(73)65(3)41-57)55-14-12-47-20-24-68(34-44-7-8-44)37-51(47)31-55)27-49-30-58(32-52-38-69(25-22-59(49)52)35-45-9-10-45)70(56-15-17-60(72)64(2)40-56)26-21-48-28-54(39-66(4)62(48)74)63-53-13-11-46-19-23-67(33-43-5-6-43)36-50(46)29-53/h11-18,28-32,39-45,63H,5-10,19-27,33-38H2,1-4H3. The largest absolute Gasteiger partial charge is 0.354 e. The molecule has 6 aromatic rings. The van der Waals surface area contributed by atoms with Gasteiger partial charge in [-0.3, -0.25) is 29.1 Å². The zero-order valence-electron chi connectivity index (χ0n) is 44.2. The molecule has 386 valence electrons. The molecule has 3 aliphatic carbocycles. The fourth-order valence-corrected chi connectivity index (χ4v) is 12.4. The molecule has 1 atom stereocenters. The minimum absolute atomic E-state index is 0.0101. The lowest BCUT2D eigenvalue weighted by molar-refractivity contribution is 0.243. The number of fused-ring (bicyclic) bond motifs is 3. The summed E-state index contributed by atoms with van der Waals surface area (Å²) in [6.45, 7) is 12.5. The molecule has 3 saturated carbocycles.